The number of hydrogen-bond donors (Lipinski definition) is 3. The van der Waals surface area contributed by atoms with Gasteiger partial charge in [-0.15, -0.1) is 10.2 Å². The van der Waals surface area contributed by atoms with E-state index in [0.29, 0.717) is 42.0 Å². The largest absolute Gasteiger partial charge is 0.478 e. The van der Waals surface area contributed by atoms with E-state index >= 15 is 0 Å². The fourth-order valence-corrected chi connectivity index (χ4v) is 16.2. The lowest BCUT2D eigenvalue weighted by atomic mass is 9.33. The van der Waals surface area contributed by atoms with E-state index < -0.39 is 27.6 Å². The van der Waals surface area contributed by atoms with Crippen molar-refractivity contribution in [2.75, 3.05) is 37.7 Å². The number of carboxylic acids is 1. The van der Waals surface area contributed by atoms with E-state index in [1.807, 2.05) is 12.1 Å². The topological polar surface area (TPSA) is 141 Å². The number of rotatable bonds is 9. The maximum absolute atomic E-state index is 14.1. The molecule has 336 valence electrons. The number of carbonyl (C=O) groups is 2. The maximum atomic E-state index is 14.1. The molecule has 2 aromatic carbocycles. The van der Waals surface area contributed by atoms with Gasteiger partial charge in [0.25, 0.3) is 5.91 Å². The summed E-state index contributed by atoms with van der Waals surface area (Å²) >= 11 is 0. The monoisotopic (exact) mass is 877 g/mol. The third-order valence-electron chi connectivity index (χ3n) is 18.4. The number of allylic oxidation sites excluding steroid dienone is 2. The number of amides is 1. The fourth-order valence-electron chi connectivity index (χ4n) is 14.9. The Morgan fingerprint density at radius 3 is 2.11 bits per heavy atom. The molecule has 9 atom stereocenters. The van der Waals surface area contributed by atoms with Gasteiger partial charge in [0.05, 0.1) is 17.1 Å². The Labute approximate surface area is 363 Å². The van der Waals surface area contributed by atoms with Crippen LogP contribution in [0.5, 0.6) is 0 Å². The van der Waals surface area contributed by atoms with E-state index in [4.69, 9.17) is 0 Å². The molecule has 1 unspecified atom stereocenters. The predicted molar refractivity (Wildman–Crippen MR) is 231 cm³/mol. The minimum Gasteiger partial charge on any atom is -0.478 e. The lowest BCUT2D eigenvalue weighted by Gasteiger charge is -2.72. The van der Waals surface area contributed by atoms with Crippen LogP contribution >= 0.6 is 0 Å². The van der Waals surface area contributed by atoms with Gasteiger partial charge in [0.2, 0.25) is 0 Å². The zero-order chi connectivity index (χ0) is 44.3. The van der Waals surface area contributed by atoms with Gasteiger partial charge in [0.1, 0.15) is 0 Å². The molecular formula is C48H62F3N5O5S. The van der Waals surface area contributed by atoms with Gasteiger partial charge in [-0.25, -0.2) is 13.2 Å². The molecule has 10 nitrogen and oxygen atoms in total. The average Bonchev–Trinajstić information content (AvgIpc) is 3.97. The molecule has 5 aliphatic carbocycles. The lowest BCUT2D eigenvalue weighted by molar-refractivity contribution is -0.218. The number of carbonyl (C=O) groups excluding carboxylic acids is 1. The van der Waals surface area contributed by atoms with E-state index in [2.05, 4.69) is 66.5 Å². The summed E-state index contributed by atoms with van der Waals surface area (Å²) < 4.78 is 65.6. The zero-order valence-corrected chi connectivity index (χ0v) is 37.5. The molecule has 9 rings (SSSR count). The Bertz CT molecular complexity index is 2280. The van der Waals surface area contributed by atoms with E-state index in [0.717, 1.165) is 76.4 Å². The van der Waals surface area contributed by atoms with Crippen LogP contribution in [0.15, 0.2) is 64.8 Å². The third kappa shape index (κ3) is 6.72. The standard InChI is InChI=1S/C48H62F3N5O5S/c1-42(2)34(30-6-8-32(9-7-30)41(58)59)16-19-43(3)37(42)18-20-45(5)38(43)15-14-35-39-36(53-40(57)31-10-12-33(13-11-31)47(54-55-47)48(49,50)51)17-21-46(39,23-22-44(35,45)4)52-24-25-56-26-28-62(60,61)29-27-56/h6-13,16,35-39,52H,14-15,17-29H2,1-5H3,(H,53,57)(H,58,59)/t35-,36?,37+,38-,39+,43+,44-,45-,46+/m1/s1. The van der Waals surface area contributed by atoms with Crippen molar-refractivity contribution >= 4 is 27.3 Å². The molecule has 1 saturated heterocycles. The molecule has 0 radical (unpaired) electrons. The molecule has 7 aliphatic rings. The van der Waals surface area contributed by atoms with Gasteiger partial charge in [-0.05, 0) is 133 Å². The van der Waals surface area contributed by atoms with Gasteiger partial charge in [0, 0.05) is 54.8 Å². The summed E-state index contributed by atoms with van der Waals surface area (Å²) in [5.74, 6) is 0.538. The van der Waals surface area contributed by atoms with Crippen molar-refractivity contribution in [3.8, 4) is 0 Å². The van der Waals surface area contributed by atoms with Crippen LogP contribution in [0, 0.1) is 45.3 Å². The van der Waals surface area contributed by atoms with Crippen molar-refractivity contribution in [1.82, 2.24) is 15.5 Å². The van der Waals surface area contributed by atoms with E-state index in [1.165, 1.54) is 29.8 Å². The van der Waals surface area contributed by atoms with Crippen molar-refractivity contribution in [2.45, 2.75) is 116 Å². The van der Waals surface area contributed by atoms with Crippen molar-refractivity contribution in [3.05, 3.63) is 76.9 Å². The average molecular weight is 878 g/mol. The van der Waals surface area contributed by atoms with Crippen LogP contribution in [0.1, 0.15) is 124 Å². The molecule has 2 aromatic rings. The summed E-state index contributed by atoms with van der Waals surface area (Å²) in [6.07, 6.45) is 6.82. The van der Waals surface area contributed by atoms with Crippen LogP contribution < -0.4 is 10.6 Å². The van der Waals surface area contributed by atoms with Crippen molar-refractivity contribution in [3.63, 3.8) is 0 Å². The second-order valence-electron chi connectivity index (χ2n) is 21.3. The first-order chi connectivity index (χ1) is 29.1. The summed E-state index contributed by atoms with van der Waals surface area (Å²) in [4.78, 5) is 28.0. The molecule has 3 N–H and O–H groups in total. The molecule has 2 aliphatic heterocycles. The molecule has 4 saturated carbocycles. The quantitative estimate of drug-likeness (QED) is 0.229. The van der Waals surface area contributed by atoms with Crippen LogP contribution in [-0.2, 0) is 15.5 Å². The molecule has 0 bridgehead atoms. The van der Waals surface area contributed by atoms with Gasteiger partial charge in [-0.1, -0.05) is 65.0 Å². The highest BCUT2D eigenvalue weighted by Gasteiger charge is 2.71. The van der Waals surface area contributed by atoms with Gasteiger partial charge >= 0.3 is 17.8 Å². The molecule has 5 fully saturated rings. The first kappa shape index (κ1) is 43.6. The number of fused-ring (bicyclic) bond motifs is 7. The SMILES string of the molecule is CC1(C)C(c2ccc(C(=O)O)cc2)=CC[C@]2(C)[C@H]3CC[C@@H]4[C@H]5C(NC(=O)c6ccc(C7(C(F)(F)F)N=N7)cc6)CC[C@]5(NCCN5CCS(=O)(=O)CC5)CC[C@@]4(C)[C@]3(C)CC[C@@H]12. The summed E-state index contributed by atoms with van der Waals surface area (Å²) in [5, 5.41) is 23.7. The van der Waals surface area contributed by atoms with Crippen LogP contribution in [0.25, 0.3) is 5.57 Å². The Kier molecular flexibility index (Phi) is 10.3. The minimum atomic E-state index is -4.65. The number of carboxylic acid groups (broad SMARTS) is 1. The number of hydrogen-bond acceptors (Lipinski definition) is 8. The van der Waals surface area contributed by atoms with Crippen LogP contribution in [-0.4, -0.2) is 85.7 Å². The van der Waals surface area contributed by atoms with E-state index in [-0.39, 0.29) is 62.1 Å². The first-order valence-corrected chi connectivity index (χ1v) is 24.6. The van der Waals surface area contributed by atoms with Crippen molar-refractivity contribution < 1.29 is 36.3 Å². The smallest absolute Gasteiger partial charge is 0.442 e. The molecule has 2 heterocycles. The highest BCUT2D eigenvalue weighted by molar-refractivity contribution is 7.91. The lowest BCUT2D eigenvalue weighted by Crippen LogP contribution is -2.69. The van der Waals surface area contributed by atoms with Crippen molar-refractivity contribution in [1.29, 1.82) is 0 Å². The highest BCUT2D eigenvalue weighted by atomic mass is 32.2. The van der Waals surface area contributed by atoms with Gasteiger partial charge in [0.15, 0.2) is 9.84 Å². The molecule has 0 spiro atoms. The normalized spacial score (nSPS) is 37.8. The fraction of sp³-hybridized carbons (Fsp3) is 0.667. The number of halogens is 3. The number of sulfone groups is 1. The number of aromatic carboxylic acids is 1. The van der Waals surface area contributed by atoms with Gasteiger partial charge in [-0.3, -0.25) is 4.79 Å². The number of nitrogens with zero attached hydrogens (tertiary/aromatic N) is 3. The van der Waals surface area contributed by atoms with Crippen LogP contribution in [0.4, 0.5) is 13.2 Å². The summed E-state index contributed by atoms with van der Waals surface area (Å²) in [7, 11) is -2.99. The Balaban J connectivity index is 0.991. The van der Waals surface area contributed by atoms with Crippen LogP contribution in [0.3, 0.4) is 0 Å². The molecule has 0 aromatic heterocycles. The second-order valence-corrected chi connectivity index (χ2v) is 23.6. The van der Waals surface area contributed by atoms with Crippen LogP contribution in [0.2, 0.25) is 0 Å². The molecule has 14 heteroatoms. The van der Waals surface area contributed by atoms with Gasteiger partial charge in [-0.2, -0.15) is 13.2 Å². The minimum absolute atomic E-state index is 0.0140. The summed E-state index contributed by atoms with van der Waals surface area (Å²) in [6.45, 7) is 15.0. The van der Waals surface area contributed by atoms with Gasteiger partial charge < -0.3 is 20.6 Å². The number of nitrogens with one attached hydrogen (secondary N) is 2. The predicted octanol–water partition coefficient (Wildman–Crippen LogP) is 8.90. The number of alkyl halides is 3. The summed E-state index contributed by atoms with van der Waals surface area (Å²) in [6, 6.07) is 12.8. The zero-order valence-electron chi connectivity index (χ0n) is 36.7. The Morgan fingerprint density at radius 2 is 1.48 bits per heavy atom. The van der Waals surface area contributed by atoms with E-state index in [1.54, 1.807) is 12.1 Å². The third-order valence-corrected chi connectivity index (χ3v) is 20.0. The first-order valence-electron chi connectivity index (χ1n) is 22.7. The molecule has 62 heavy (non-hydrogen) atoms. The number of benzene rings is 2. The van der Waals surface area contributed by atoms with E-state index in [9.17, 15) is 36.3 Å². The maximum Gasteiger partial charge on any atom is 0.442 e. The molecule has 1 amide bonds. The highest BCUT2D eigenvalue weighted by Crippen LogP contribution is 2.76. The Morgan fingerprint density at radius 1 is 0.823 bits per heavy atom. The summed E-state index contributed by atoms with van der Waals surface area (Å²) in [5.41, 5.74) is 0.109. The Hall–Kier alpha value is -3.62. The second kappa shape index (κ2) is 14.7. The molecular weight excluding hydrogens is 816 g/mol. The van der Waals surface area contributed by atoms with Crippen molar-refractivity contribution in [2.24, 2.45) is 55.6 Å².